The SMILES string of the molecule is CCC(C)(C)OCc1ccc(N)c2cccnc12. The molecule has 96 valence electrons. The second-order valence-electron chi connectivity index (χ2n) is 5.12. The van der Waals surface area contributed by atoms with E-state index in [4.69, 9.17) is 10.5 Å². The van der Waals surface area contributed by atoms with E-state index in [0.29, 0.717) is 6.61 Å². The highest BCUT2D eigenvalue weighted by atomic mass is 16.5. The lowest BCUT2D eigenvalue weighted by atomic mass is 10.1. The van der Waals surface area contributed by atoms with Crippen molar-refractivity contribution in [3.05, 3.63) is 36.0 Å². The van der Waals surface area contributed by atoms with Crippen molar-refractivity contribution in [3.63, 3.8) is 0 Å². The predicted molar refractivity (Wildman–Crippen MR) is 75.3 cm³/mol. The Morgan fingerprint density at radius 2 is 2.06 bits per heavy atom. The molecule has 0 aliphatic rings. The maximum absolute atomic E-state index is 5.95. The van der Waals surface area contributed by atoms with Crippen LogP contribution in [0, 0.1) is 0 Å². The third-order valence-electron chi connectivity index (χ3n) is 3.36. The molecule has 0 aliphatic heterocycles. The van der Waals surface area contributed by atoms with E-state index < -0.39 is 0 Å². The average molecular weight is 244 g/mol. The van der Waals surface area contributed by atoms with Crippen LogP contribution in [0.25, 0.3) is 10.9 Å². The fraction of sp³-hybridized carbons (Fsp3) is 0.400. The maximum atomic E-state index is 5.95. The molecule has 0 saturated heterocycles. The van der Waals surface area contributed by atoms with Gasteiger partial charge in [0, 0.05) is 22.8 Å². The number of anilines is 1. The van der Waals surface area contributed by atoms with Crippen molar-refractivity contribution in [2.45, 2.75) is 39.4 Å². The minimum Gasteiger partial charge on any atom is -0.398 e. The van der Waals surface area contributed by atoms with Crippen LogP contribution in [0.1, 0.15) is 32.8 Å². The van der Waals surface area contributed by atoms with E-state index in [1.54, 1.807) is 6.20 Å². The molecule has 1 aromatic carbocycles. The van der Waals surface area contributed by atoms with Gasteiger partial charge < -0.3 is 10.5 Å². The molecular formula is C15H20N2O. The number of nitrogens with two attached hydrogens (primary N) is 1. The van der Waals surface area contributed by atoms with Crippen LogP contribution in [0.4, 0.5) is 5.69 Å². The van der Waals surface area contributed by atoms with Crippen LogP contribution >= 0.6 is 0 Å². The van der Waals surface area contributed by atoms with Crippen LogP contribution in [-0.4, -0.2) is 10.6 Å². The molecular weight excluding hydrogens is 224 g/mol. The van der Waals surface area contributed by atoms with E-state index in [2.05, 4.69) is 25.8 Å². The number of fused-ring (bicyclic) bond motifs is 1. The second-order valence-corrected chi connectivity index (χ2v) is 5.12. The van der Waals surface area contributed by atoms with Gasteiger partial charge in [-0.15, -0.1) is 0 Å². The van der Waals surface area contributed by atoms with Gasteiger partial charge >= 0.3 is 0 Å². The fourth-order valence-corrected chi connectivity index (χ4v) is 1.74. The van der Waals surface area contributed by atoms with Gasteiger partial charge in [-0.25, -0.2) is 0 Å². The third-order valence-corrected chi connectivity index (χ3v) is 3.36. The molecule has 0 saturated carbocycles. The van der Waals surface area contributed by atoms with E-state index in [9.17, 15) is 0 Å². The van der Waals surface area contributed by atoms with Gasteiger partial charge in [0.05, 0.1) is 17.7 Å². The predicted octanol–water partition coefficient (Wildman–Crippen LogP) is 3.52. The Morgan fingerprint density at radius 3 is 2.78 bits per heavy atom. The summed E-state index contributed by atoms with van der Waals surface area (Å²) >= 11 is 0. The van der Waals surface area contributed by atoms with Crippen molar-refractivity contribution in [1.29, 1.82) is 0 Å². The summed E-state index contributed by atoms with van der Waals surface area (Å²) in [4.78, 5) is 4.41. The maximum Gasteiger partial charge on any atom is 0.0777 e. The molecule has 0 spiro atoms. The third kappa shape index (κ3) is 2.62. The quantitative estimate of drug-likeness (QED) is 0.837. The number of benzene rings is 1. The second kappa shape index (κ2) is 4.94. The van der Waals surface area contributed by atoms with E-state index in [1.165, 1.54) is 0 Å². The summed E-state index contributed by atoms with van der Waals surface area (Å²) in [6.45, 7) is 6.88. The van der Waals surface area contributed by atoms with Crippen molar-refractivity contribution in [2.75, 3.05) is 5.73 Å². The highest BCUT2D eigenvalue weighted by Gasteiger charge is 2.16. The van der Waals surface area contributed by atoms with Crippen molar-refractivity contribution in [2.24, 2.45) is 0 Å². The highest BCUT2D eigenvalue weighted by molar-refractivity contribution is 5.92. The first-order valence-corrected chi connectivity index (χ1v) is 6.29. The smallest absolute Gasteiger partial charge is 0.0777 e. The number of nitrogen functional groups attached to an aromatic ring is 1. The number of pyridine rings is 1. The first-order chi connectivity index (χ1) is 8.53. The molecule has 0 unspecified atom stereocenters. The molecule has 0 radical (unpaired) electrons. The molecule has 1 aromatic heterocycles. The Hall–Kier alpha value is -1.61. The molecule has 3 heteroatoms. The number of hydrogen-bond acceptors (Lipinski definition) is 3. The van der Waals surface area contributed by atoms with E-state index in [1.807, 2.05) is 24.3 Å². The molecule has 0 fully saturated rings. The summed E-state index contributed by atoms with van der Waals surface area (Å²) in [6.07, 6.45) is 2.77. The molecule has 0 aliphatic carbocycles. The molecule has 2 rings (SSSR count). The Labute approximate surface area is 108 Å². The minimum atomic E-state index is -0.109. The van der Waals surface area contributed by atoms with Gasteiger partial charge in [0.2, 0.25) is 0 Å². The van der Waals surface area contributed by atoms with Gasteiger partial charge in [-0.3, -0.25) is 4.98 Å². The topological polar surface area (TPSA) is 48.1 Å². The van der Waals surface area contributed by atoms with Crippen LogP contribution in [0.15, 0.2) is 30.5 Å². The van der Waals surface area contributed by atoms with Crippen LogP contribution in [0.2, 0.25) is 0 Å². The first-order valence-electron chi connectivity index (χ1n) is 6.29. The van der Waals surface area contributed by atoms with Gasteiger partial charge in [0.25, 0.3) is 0 Å². The minimum absolute atomic E-state index is 0.109. The first kappa shape index (κ1) is 12.8. The van der Waals surface area contributed by atoms with Gasteiger partial charge in [0.15, 0.2) is 0 Å². The fourth-order valence-electron chi connectivity index (χ4n) is 1.74. The Morgan fingerprint density at radius 1 is 1.28 bits per heavy atom. The zero-order chi connectivity index (χ0) is 13.2. The standard InChI is InChI=1S/C15H20N2O/c1-4-15(2,3)18-10-11-7-8-13(16)12-6-5-9-17-14(11)12/h5-9H,4,10,16H2,1-3H3. The van der Waals surface area contributed by atoms with Crippen LogP contribution in [-0.2, 0) is 11.3 Å². The lowest BCUT2D eigenvalue weighted by Crippen LogP contribution is -2.22. The summed E-state index contributed by atoms with van der Waals surface area (Å²) in [5, 5.41) is 0.993. The Bertz CT molecular complexity index is 549. The molecule has 3 nitrogen and oxygen atoms in total. The molecule has 0 bridgehead atoms. The van der Waals surface area contributed by atoms with E-state index in [-0.39, 0.29) is 5.60 Å². The molecule has 2 N–H and O–H groups in total. The number of nitrogens with zero attached hydrogens (tertiary/aromatic N) is 1. The van der Waals surface area contributed by atoms with Crippen molar-refractivity contribution >= 4 is 16.6 Å². The molecule has 18 heavy (non-hydrogen) atoms. The normalized spacial score (nSPS) is 11.9. The lowest BCUT2D eigenvalue weighted by Gasteiger charge is -2.23. The van der Waals surface area contributed by atoms with Gasteiger partial charge in [-0.05, 0) is 38.5 Å². The van der Waals surface area contributed by atoms with E-state index in [0.717, 1.165) is 28.6 Å². The van der Waals surface area contributed by atoms with Gasteiger partial charge in [-0.1, -0.05) is 13.0 Å². The molecule has 2 aromatic rings. The van der Waals surface area contributed by atoms with Crippen LogP contribution in [0.5, 0.6) is 0 Å². The number of rotatable bonds is 4. The van der Waals surface area contributed by atoms with Crippen LogP contribution in [0.3, 0.4) is 0 Å². The molecule has 0 amide bonds. The van der Waals surface area contributed by atoms with Crippen molar-refractivity contribution in [3.8, 4) is 0 Å². The number of ether oxygens (including phenoxy) is 1. The summed E-state index contributed by atoms with van der Waals surface area (Å²) in [6, 6.07) is 7.81. The summed E-state index contributed by atoms with van der Waals surface area (Å²) < 4.78 is 5.93. The lowest BCUT2D eigenvalue weighted by molar-refractivity contribution is -0.0311. The van der Waals surface area contributed by atoms with Crippen molar-refractivity contribution in [1.82, 2.24) is 4.98 Å². The Balaban J connectivity index is 2.32. The van der Waals surface area contributed by atoms with Gasteiger partial charge in [-0.2, -0.15) is 0 Å². The number of aromatic nitrogens is 1. The van der Waals surface area contributed by atoms with Crippen LogP contribution < -0.4 is 5.73 Å². The largest absolute Gasteiger partial charge is 0.398 e. The van der Waals surface area contributed by atoms with Gasteiger partial charge in [0.1, 0.15) is 0 Å². The zero-order valence-electron chi connectivity index (χ0n) is 11.2. The Kier molecular flexibility index (Phi) is 3.53. The van der Waals surface area contributed by atoms with E-state index >= 15 is 0 Å². The summed E-state index contributed by atoms with van der Waals surface area (Å²) in [7, 11) is 0. The highest BCUT2D eigenvalue weighted by Crippen LogP contribution is 2.25. The number of hydrogen-bond donors (Lipinski definition) is 1. The van der Waals surface area contributed by atoms with Crippen molar-refractivity contribution < 1.29 is 4.74 Å². The molecule has 1 heterocycles. The average Bonchev–Trinajstić information content (AvgIpc) is 2.38. The summed E-state index contributed by atoms with van der Waals surface area (Å²) in [5.74, 6) is 0. The zero-order valence-corrected chi connectivity index (χ0v) is 11.2. The molecule has 0 atom stereocenters. The summed E-state index contributed by atoms with van der Waals surface area (Å²) in [5.41, 5.74) is 8.62. The monoisotopic (exact) mass is 244 g/mol.